The Morgan fingerprint density at radius 3 is 2.38 bits per heavy atom. The number of rotatable bonds is 7. The summed E-state index contributed by atoms with van der Waals surface area (Å²) in [6.45, 7) is 6.11. The van der Waals surface area contributed by atoms with Gasteiger partial charge in [-0.15, -0.1) is 0 Å². The quantitative estimate of drug-likeness (QED) is 0.805. The van der Waals surface area contributed by atoms with Gasteiger partial charge < -0.3 is 10.2 Å². The van der Waals surface area contributed by atoms with Gasteiger partial charge in [-0.2, -0.15) is 0 Å². The van der Waals surface area contributed by atoms with Crippen LogP contribution in [0.3, 0.4) is 0 Å². The minimum Gasteiger partial charge on any atom is -0.332 e. The molecular formula is C22H28N2O2. The van der Waals surface area contributed by atoms with E-state index in [4.69, 9.17) is 0 Å². The SMILES string of the molecule is CCCCc1ccc(C(=O)N(C)CC(=O)Nc2cc(C)ccc2C)cc1. The average molecular weight is 352 g/mol. The number of nitrogens with zero attached hydrogens (tertiary/aromatic N) is 1. The molecule has 4 heteroatoms. The molecule has 2 amide bonds. The summed E-state index contributed by atoms with van der Waals surface area (Å²) >= 11 is 0. The lowest BCUT2D eigenvalue weighted by Gasteiger charge is -2.18. The molecule has 26 heavy (non-hydrogen) atoms. The van der Waals surface area contributed by atoms with Gasteiger partial charge in [-0.3, -0.25) is 9.59 Å². The maximum Gasteiger partial charge on any atom is 0.254 e. The number of benzene rings is 2. The summed E-state index contributed by atoms with van der Waals surface area (Å²) in [6.07, 6.45) is 3.32. The molecule has 1 N–H and O–H groups in total. The fraction of sp³-hybridized carbons (Fsp3) is 0.364. The van der Waals surface area contributed by atoms with E-state index in [1.807, 2.05) is 56.3 Å². The van der Waals surface area contributed by atoms with Crippen molar-refractivity contribution in [2.45, 2.75) is 40.0 Å². The van der Waals surface area contributed by atoms with E-state index in [9.17, 15) is 9.59 Å². The first-order chi connectivity index (χ1) is 12.4. The first-order valence-corrected chi connectivity index (χ1v) is 9.12. The Hall–Kier alpha value is -2.62. The molecule has 0 heterocycles. The molecule has 138 valence electrons. The molecule has 0 aromatic heterocycles. The van der Waals surface area contributed by atoms with Crippen molar-refractivity contribution in [3.05, 3.63) is 64.7 Å². The molecule has 0 bridgehead atoms. The number of hydrogen-bond acceptors (Lipinski definition) is 2. The predicted octanol–water partition coefficient (Wildman–Crippen LogP) is 4.36. The summed E-state index contributed by atoms with van der Waals surface area (Å²) < 4.78 is 0. The highest BCUT2D eigenvalue weighted by Gasteiger charge is 2.15. The maximum atomic E-state index is 12.5. The second kappa shape index (κ2) is 9.18. The Morgan fingerprint density at radius 1 is 1.04 bits per heavy atom. The first kappa shape index (κ1) is 19.7. The van der Waals surface area contributed by atoms with Crippen LogP contribution in [0.15, 0.2) is 42.5 Å². The van der Waals surface area contributed by atoms with Gasteiger partial charge in [0, 0.05) is 18.3 Å². The Morgan fingerprint density at radius 2 is 1.73 bits per heavy atom. The highest BCUT2D eigenvalue weighted by atomic mass is 16.2. The third-order valence-corrected chi connectivity index (χ3v) is 4.41. The second-order valence-electron chi connectivity index (χ2n) is 6.83. The number of carbonyl (C=O) groups excluding carboxylic acids is 2. The number of nitrogens with one attached hydrogen (secondary N) is 1. The molecule has 0 aliphatic carbocycles. The minimum atomic E-state index is -0.200. The monoisotopic (exact) mass is 352 g/mol. The van der Waals surface area contributed by atoms with Gasteiger partial charge >= 0.3 is 0 Å². The molecule has 0 atom stereocenters. The van der Waals surface area contributed by atoms with Crippen molar-refractivity contribution in [1.82, 2.24) is 4.90 Å². The van der Waals surface area contributed by atoms with Crippen LogP contribution < -0.4 is 5.32 Å². The Labute approximate surface area is 156 Å². The van der Waals surface area contributed by atoms with Gasteiger partial charge in [0.15, 0.2) is 0 Å². The summed E-state index contributed by atoms with van der Waals surface area (Å²) in [4.78, 5) is 26.3. The van der Waals surface area contributed by atoms with Crippen LogP contribution in [0.5, 0.6) is 0 Å². The zero-order chi connectivity index (χ0) is 19.1. The standard InChI is InChI=1S/C22H28N2O2/c1-5-6-7-18-10-12-19(13-11-18)22(26)24(4)15-21(25)23-20-14-16(2)8-9-17(20)3/h8-14H,5-7,15H2,1-4H3,(H,23,25). The van der Waals surface area contributed by atoms with Crippen LogP contribution in [0.4, 0.5) is 5.69 Å². The largest absolute Gasteiger partial charge is 0.332 e. The Bertz CT molecular complexity index is 766. The van der Waals surface area contributed by atoms with Crippen molar-refractivity contribution >= 4 is 17.5 Å². The van der Waals surface area contributed by atoms with E-state index >= 15 is 0 Å². The summed E-state index contributed by atoms with van der Waals surface area (Å²) in [5, 5.41) is 2.89. The first-order valence-electron chi connectivity index (χ1n) is 9.12. The van der Waals surface area contributed by atoms with Crippen molar-refractivity contribution in [3.8, 4) is 0 Å². The number of carbonyl (C=O) groups is 2. The molecule has 2 aromatic carbocycles. The van der Waals surface area contributed by atoms with Crippen LogP contribution in [0.25, 0.3) is 0 Å². The number of anilines is 1. The van der Waals surface area contributed by atoms with Gasteiger partial charge in [-0.1, -0.05) is 37.6 Å². The molecule has 4 nitrogen and oxygen atoms in total. The maximum absolute atomic E-state index is 12.5. The second-order valence-corrected chi connectivity index (χ2v) is 6.83. The van der Waals surface area contributed by atoms with E-state index in [0.717, 1.165) is 36.1 Å². The van der Waals surface area contributed by atoms with Crippen LogP contribution in [-0.2, 0) is 11.2 Å². The van der Waals surface area contributed by atoms with E-state index in [-0.39, 0.29) is 18.4 Å². The lowest BCUT2D eigenvalue weighted by molar-refractivity contribution is -0.116. The zero-order valence-electron chi connectivity index (χ0n) is 16.1. The van der Waals surface area contributed by atoms with Crippen molar-refractivity contribution < 1.29 is 9.59 Å². The molecule has 2 rings (SSSR count). The van der Waals surface area contributed by atoms with Gasteiger partial charge in [0.2, 0.25) is 5.91 Å². The summed E-state index contributed by atoms with van der Waals surface area (Å²) in [5.41, 5.74) is 4.71. The predicted molar refractivity (Wildman–Crippen MR) is 107 cm³/mol. The van der Waals surface area contributed by atoms with Gasteiger partial charge in [-0.25, -0.2) is 0 Å². The fourth-order valence-corrected chi connectivity index (χ4v) is 2.76. The van der Waals surface area contributed by atoms with Gasteiger partial charge in [0.05, 0.1) is 6.54 Å². The molecule has 0 spiro atoms. The Balaban J connectivity index is 1.95. The highest BCUT2D eigenvalue weighted by Crippen LogP contribution is 2.16. The molecule has 0 radical (unpaired) electrons. The highest BCUT2D eigenvalue weighted by molar-refractivity contribution is 5.99. The number of hydrogen-bond donors (Lipinski definition) is 1. The number of aryl methyl sites for hydroxylation is 3. The summed E-state index contributed by atoms with van der Waals surface area (Å²) in [5.74, 6) is -0.350. The average Bonchev–Trinajstić information content (AvgIpc) is 2.62. The van der Waals surface area contributed by atoms with E-state index in [2.05, 4.69) is 12.2 Å². The number of unbranched alkanes of at least 4 members (excludes halogenated alkanes) is 1. The summed E-state index contributed by atoms with van der Waals surface area (Å²) in [7, 11) is 1.65. The molecule has 0 saturated heterocycles. The van der Waals surface area contributed by atoms with Crippen LogP contribution >= 0.6 is 0 Å². The van der Waals surface area contributed by atoms with Crippen LogP contribution in [0.1, 0.15) is 46.8 Å². The number of likely N-dealkylation sites (N-methyl/N-ethyl adjacent to an activating group) is 1. The topological polar surface area (TPSA) is 49.4 Å². The molecular weight excluding hydrogens is 324 g/mol. The fourth-order valence-electron chi connectivity index (χ4n) is 2.76. The smallest absolute Gasteiger partial charge is 0.254 e. The lowest BCUT2D eigenvalue weighted by Crippen LogP contribution is -2.35. The van der Waals surface area contributed by atoms with Gasteiger partial charge in [0.1, 0.15) is 0 Å². The van der Waals surface area contributed by atoms with E-state index in [0.29, 0.717) is 5.56 Å². The molecule has 0 aliphatic rings. The van der Waals surface area contributed by atoms with Crippen molar-refractivity contribution in [2.75, 3.05) is 18.9 Å². The van der Waals surface area contributed by atoms with Crippen molar-refractivity contribution in [1.29, 1.82) is 0 Å². The molecule has 0 aliphatic heterocycles. The molecule has 0 fully saturated rings. The summed E-state index contributed by atoms with van der Waals surface area (Å²) in [6, 6.07) is 13.6. The van der Waals surface area contributed by atoms with E-state index in [1.54, 1.807) is 7.05 Å². The normalized spacial score (nSPS) is 10.5. The lowest BCUT2D eigenvalue weighted by atomic mass is 10.1. The third kappa shape index (κ3) is 5.45. The Kier molecular flexibility index (Phi) is 6.96. The van der Waals surface area contributed by atoms with E-state index in [1.165, 1.54) is 10.5 Å². The third-order valence-electron chi connectivity index (χ3n) is 4.41. The van der Waals surface area contributed by atoms with Gasteiger partial charge in [-0.05, 0) is 61.6 Å². The van der Waals surface area contributed by atoms with Crippen LogP contribution in [-0.4, -0.2) is 30.3 Å². The number of amides is 2. The van der Waals surface area contributed by atoms with Crippen molar-refractivity contribution in [3.63, 3.8) is 0 Å². The van der Waals surface area contributed by atoms with Crippen LogP contribution in [0, 0.1) is 13.8 Å². The molecule has 0 saturated carbocycles. The van der Waals surface area contributed by atoms with E-state index < -0.39 is 0 Å². The van der Waals surface area contributed by atoms with Crippen LogP contribution in [0.2, 0.25) is 0 Å². The minimum absolute atomic E-state index is 0.0177. The molecule has 2 aromatic rings. The van der Waals surface area contributed by atoms with Crippen molar-refractivity contribution in [2.24, 2.45) is 0 Å². The molecule has 0 unspecified atom stereocenters. The zero-order valence-corrected chi connectivity index (χ0v) is 16.1. The van der Waals surface area contributed by atoms with Gasteiger partial charge in [0.25, 0.3) is 5.91 Å².